The van der Waals surface area contributed by atoms with E-state index in [2.05, 4.69) is 5.32 Å². The maximum Gasteiger partial charge on any atom is 0.224 e. The van der Waals surface area contributed by atoms with E-state index in [9.17, 15) is 4.79 Å². The molecule has 0 radical (unpaired) electrons. The van der Waals surface area contributed by atoms with Crippen LogP contribution in [0.2, 0.25) is 0 Å². The lowest BCUT2D eigenvalue weighted by Gasteiger charge is -2.27. The third-order valence-electron chi connectivity index (χ3n) is 3.54. The van der Waals surface area contributed by atoms with Gasteiger partial charge in [0.2, 0.25) is 5.91 Å². The molecule has 114 valence electrons. The Labute approximate surface area is 130 Å². The molecule has 0 atom stereocenters. The predicted molar refractivity (Wildman–Crippen MR) is 87.6 cm³/mol. The minimum absolute atomic E-state index is 0.149. The number of thiocarbonyl (C=S) groups is 1. The van der Waals surface area contributed by atoms with Crippen molar-refractivity contribution in [1.82, 2.24) is 4.90 Å². The molecule has 1 aliphatic rings. The van der Waals surface area contributed by atoms with Crippen molar-refractivity contribution < 1.29 is 9.53 Å². The lowest BCUT2D eigenvalue weighted by atomic mass is 10.1. The summed E-state index contributed by atoms with van der Waals surface area (Å²) in [5, 5.41) is 3.29. The number of carbonyl (C=O) groups excluding carboxylic acids is 1. The van der Waals surface area contributed by atoms with Gasteiger partial charge in [0, 0.05) is 37.3 Å². The highest BCUT2D eigenvalue weighted by Gasteiger charge is 2.16. The number of nitrogens with zero attached hydrogens (tertiary/aromatic N) is 1. The molecular formula is C15H21N3O2S. The largest absolute Gasteiger partial charge is 0.389 e. The number of hydrogen-bond donors (Lipinski definition) is 2. The number of amides is 1. The fourth-order valence-electron chi connectivity index (χ4n) is 2.37. The molecule has 21 heavy (non-hydrogen) atoms. The van der Waals surface area contributed by atoms with Crippen LogP contribution < -0.4 is 11.1 Å². The highest BCUT2D eigenvalue weighted by atomic mass is 32.1. The molecule has 1 saturated heterocycles. The third-order valence-corrected chi connectivity index (χ3v) is 3.76. The maximum absolute atomic E-state index is 12.1. The molecule has 0 aliphatic carbocycles. The van der Waals surface area contributed by atoms with Crippen molar-refractivity contribution in [3.63, 3.8) is 0 Å². The van der Waals surface area contributed by atoms with E-state index >= 15 is 0 Å². The molecule has 3 N–H and O–H groups in total. The van der Waals surface area contributed by atoms with Gasteiger partial charge < -0.3 is 20.7 Å². The summed E-state index contributed by atoms with van der Waals surface area (Å²) in [6.07, 6.45) is 0.450. The van der Waals surface area contributed by atoms with E-state index < -0.39 is 0 Å². The lowest BCUT2D eigenvalue weighted by Crippen LogP contribution is -2.41. The van der Waals surface area contributed by atoms with Crippen LogP contribution in [0, 0.1) is 6.92 Å². The standard InChI is InChI=1S/C15H21N3O2S/c1-11-3-2-4-12(15(16)21)14(11)17-6-5-13(19)18-7-9-20-10-8-18/h2-4,17H,5-10H2,1H3,(H2,16,21). The van der Waals surface area contributed by atoms with E-state index in [-0.39, 0.29) is 5.91 Å². The van der Waals surface area contributed by atoms with E-state index in [1.807, 2.05) is 30.0 Å². The number of anilines is 1. The summed E-state index contributed by atoms with van der Waals surface area (Å²) in [7, 11) is 0. The van der Waals surface area contributed by atoms with Crippen molar-refractivity contribution in [1.29, 1.82) is 0 Å². The molecule has 2 rings (SSSR count). The Kier molecular flexibility index (Phi) is 5.52. The Morgan fingerprint density at radius 3 is 2.81 bits per heavy atom. The molecule has 1 aliphatic heterocycles. The van der Waals surface area contributed by atoms with Crippen molar-refractivity contribution >= 4 is 28.8 Å². The average Bonchev–Trinajstić information content (AvgIpc) is 2.49. The van der Waals surface area contributed by atoms with E-state index in [1.54, 1.807) is 0 Å². The number of benzene rings is 1. The molecule has 0 aromatic heterocycles. The summed E-state index contributed by atoms with van der Waals surface area (Å²) >= 11 is 5.06. The Morgan fingerprint density at radius 2 is 2.14 bits per heavy atom. The van der Waals surface area contributed by atoms with Gasteiger partial charge in [0.1, 0.15) is 4.99 Å². The zero-order valence-corrected chi connectivity index (χ0v) is 13.0. The SMILES string of the molecule is Cc1cccc(C(N)=S)c1NCCC(=O)N1CCOCC1. The minimum atomic E-state index is 0.149. The second-order valence-corrected chi connectivity index (χ2v) is 5.47. The van der Waals surface area contributed by atoms with E-state index in [0.29, 0.717) is 44.3 Å². The van der Waals surface area contributed by atoms with Crippen LogP contribution in [-0.2, 0) is 9.53 Å². The number of aryl methyl sites for hydroxylation is 1. The number of hydrogen-bond acceptors (Lipinski definition) is 4. The normalized spacial score (nSPS) is 14.8. The number of rotatable bonds is 5. The second-order valence-electron chi connectivity index (χ2n) is 5.03. The average molecular weight is 307 g/mol. The molecule has 1 amide bonds. The van der Waals surface area contributed by atoms with E-state index in [1.165, 1.54) is 0 Å². The maximum atomic E-state index is 12.1. The third kappa shape index (κ3) is 4.15. The van der Waals surface area contributed by atoms with Gasteiger partial charge in [0.25, 0.3) is 0 Å². The van der Waals surface area contributed by atoms with Crippen molar-refractivity contribution in [3.8, 4) is 0 Å². The number of para-hydroxylation sites is 1. The summed E-state index contributed by atoms with van der Waals surface area (Å²) in [4.78, 5) is 14.3. The summed E-state index contributed by atoms with van der Waals surface area (Å²) in [6, 6.07) is 5.81. The van der Waals surface area contributed by atoms with Crippen LogP contribution in [0.5, 0.6) is 0 Å². The van der Waals surface area contributed by atoms with Crippen LogP contribution in [-0.4, -0.2) is 48.6 Å². The highest BCUT2D eigenvalue weighted by Crippen LogP contribution is 2.20. The Bertz CT molecular complexity index is 528. The molecule has 6 heteroatoms. The van der Waals surface area contributed by atoms with Crippen LogP contribution >= 0.6 is 12.2 Å². The molecule has 5 nitrogen and oxygen atoms in total. The second kappa shape index (κ2) is 7.38. The molecular weight excluding hydrogens is 286 g/mol. The van der Waals surface area contributed by atoms with Gasteiger partial charge in [-0.15, -0.1) is 0 Å². The molecule has 0 bridgehead atoms. The van der Waals surface area contributed by atoms with Crippen LogP contribution in [0.4, 0.5) is 5.69 Å². The van der Waals surface area contributed by atoms with Gasteiger partial charge in [-0.25, -0.2) is 0 Å². The fraction of sp³-hybridized carbons (Fsp3) is 0.467. The van der Waals surface area contributed by atoms with Crippen molar-refractivity contribution in [2.24, 2.45) is 5.73 Å². The van der Waals surface area contributed by atoms with Gasteiger partial charge in [-0.05, 0) is 18.6 Å². The van der Waals surface area contributed by atoms with Crippen LogP contribution in [0.25, 0.3) is 0 Å². The van der Waals surface area contributed by atoms with Gasteiger partial charge in [0.05, 0.1) is 13.2 Å². The molecule has 1 aromatic rings. The number of nitrogens with two attached hydrogens (primary N) is 1. The van der Waals surface area contributed by atoms with Gasteiger partial charge in [-0.2, -0.15) is 0 Å². The van der Waals surface area contributed by atoms with Crippen molar-refractivity contribution in [2.45, 2.75) is 13.3 Å². The van der Waals surface area contributed by atoms with E-state index in [0.717, 1.165) is 16.8 Å². The smallest absolute Gasteiger partial charge is 0.224 e. The summed E-state index contributed by atoms with van der Waals surface area (Å²) in [5.41, 5.74) is 8.54. The van der Waals surface area contributed by atoms with Gasteiger partial charge in [0.15, 0.2) is 0 Å². The van der Waals surface area contributed by atoms with E-state index in [4.69, 9.17) is 22.7 Å². The fourth-order valence-corrected chi connectivity index (χ4v) is 2.54. The quantitative estimate of drug-likeness (QED) is 0.802. The molecule has 0 unspecified atom stereocenters. The lowest BCUT2D eigenvalue weighted by molar-refractivity contribution is -0.134. The molecule has 0 saturated carbocycles. The first-order valence-electron chi connectivity index (χ1n) is 7.08. The zero-order valence-electron chi connectivity index (χ0n) is 12.2. The molecule has 1 heterocycles. The molecule has 1 aromatic carbocycles. The first-order valence-corrected chi connectivity index (χ1v) is 7.49. The summed E-state index contributed by atoms with van der Waals surface area (Å²) < 4.78 is 5.24. The zero-order chi connectivity index (χ0) is 15.2. The van der Waals surface area contributed by atoms with Crippen LogP contribution in [0.1, 0.15) is 17.5 Å². The Hall–Kier alpha value is -1.66. The monoisotopic (exact) mass is 307 g/mol. The Balaban J connectivity index is 1.91. The number of morpholine rings is 1. The predicted octanol–water partition coefficient (Wildman–Crippen LogP) is 1.29. The van der Waals surface area contributed by atoms with Crippen LogP contribution in [0.3, 0.4) is 0 Å². The van der Waals surface area contributed by atoms with Crippen molar-refractivity contribution in [2.75, 3.05) is 38.2 Å². The first kappa shape index (κ1) is 15.7. The number of nitrogens with one attached hydrogen (secondary N) is 1. The van der Waals surface area contributed by atoms with Gasteiger partial charge in [-0.1, -0.05) is 24.4 Å². The van der Waals surface area contributed by atoms with Gasteiger partial charge >= 0.3 is 0 Å². The first-order chi connectivity index (χ1) is 10.1. The highest BCUT2D eigenvalue weighted by molar-refractivity contribution is 7.80. The van der Waals surface area contributed by atoms with Crippen LogP contribution in [0.15, 0.2) is 18.2 Å². The molecule has 0 spiro atoms. The summed E-state index contributed by atoms with van der Waals surface area (Å²) in [6.45, 7) is 5.18. The summed E-state index contributed by atoms with van der Waals surface area (Å²) in [5.74, 6) is 0.149. The van der Waals surface area contributed by atoms with Crippen molar-refractivity contribution in [3.05, 3.63) is 29.3 Å². The molecule has 1 fully saturated rings. The topological polar surface area (TPSA) is 67.6 Å². The Morgan fingerprint density at radius 1 is 1.43 bits per heavy atom. The minimum Gasteiger partial charge on any atom is -0.389 e. The number of ether oxygens (including phenoxy) is 1. The van der Waals surface area contributed by atoms with Gasteiger partial charge in [-0.3, -0.25) is 4.79 Å². The number of carbonyl (C=O) groups is 1.